The topological polar surface area (TPSA) is 92.6 Å². The van der Waals surface area contributed by atoms with E-state index in [1.165, 1.54) is 34.8 Å². The van der Waals surface area contributed by atoms with E-state index in [0.29, 0.717) is 29.7 Å². The van der Waals surface area contributed by atoms with Crippen LogP contribution in [0.25, 0.3) is 16.9 Å². The zero-order chi connectivity index (χ0) is 22.9. The van der Waals surface area contributed by atoms with Gasteiger partial charge in [-0.05, 0) is 38.1 Å². The van der Waals surface area contributed by atoms with E-state index in [1.807, 2.05) is 6.92 Å². The molecule has 0 atom stereocenters. The third kappa shape index (κ3) is 4.09. The SMILES string of the molecule is CCOC1=CC=C(NC(=O)c2c(C)nc3ccc(-c4ccccc4C(F)(F)F)nn23)NN1. The summed E-state index contributed by atoms with van der Waals surface area (Å²) in [5, 5.41) is 6.98. The van der Waals surface area contributed by atoms with Crippen molar-refractivity contribution in [2.75, 3.05) is 6.61 Å². The molecular weight excluding hydrogens is 425 g/mol. The predicted molar refractivity (Wildman–Crippen MR) is 110 cm³/mol. The van der Waals surface area contributed by atoms with Gasteiger partial charge in [-0.15, -0.1) is 0 Å². The van der Waals surface area contributed by atoms with Gasteiger partial charge in [-0.2, -0.15) is 18.3 Å². The van der Waals surface area contributed by atoms with E-state index < -0.39 is 17.6 Å². The number of alkyl halides is 3. The number of allylic oxidation sites excluding steroid dienone is 2. The zero-order valence-corrected chi connectivity index (χ0v) is 17.1. The summed E-state index contributed by atoms with van der Waals surface area (Å²) >= 11 is 0. The number of aromatic nitrogens is 3. The predicted octanol–water partition coefficient (Wildman–Crippen LogP) is 3.28. The number of hydrogen-bond acceptors (Lipinski definition) is 6. The molecule has 0 radical (unpaired) electrons. The Labute approximate surface area is 180 Å². The van der Waals surface area contributed by atoms with E-state index >= 15 is 0 Å². The van der Waals surface area contributed by atoms with Crippen LogP contribution in [-0.2, 0) is 10.9 Å². The normalized spacial score (nSPS) is 13.7. The number of hydrogen-bond donors (Lipinski definition) is 3. The summed E-state index contributed by atoms with van der Waals surface area (Å²) in [7, 11) is 0. The first-order valence-corrected chi connectivity index (χ1v) is 9.69. The van der Waals surface area contributed by atoms with Crippen LogP contribution in [0.2, 0.25) is 0 Å². The Balaban J connectivity index is 1.70. The lowest BCUT2D eigenvalue weighted by atomic mass is 10.0. The molecule has 1 aliphatic heterocycles. The van der Waals surface area contributed by atoms with Gasteiger partial charge >= 0.3 is 6.18 Å². The maximum Gasteiger partial charge on any atom is 0.417 e. The Morgan fingerprint density at radius 3 is 2.62 bits per heavy atom. The Kier molecular flexibility index (Phi) is 5.47. The van der Waals surface area contributed by atoms with E-state index in [9.17, 15) is 18.0 Å². The van der Waals surface area contributed by atoms with Crippen molar-refractivity contribution in [2.24, 2.45) is 0 Å². The van der Waals surface area contributed by atoms with Crippen molar-refractivity contribution in [3.63, 3.8) is 0 Å². The molecule has 32 heavy (non-hydrogen) atoms. The maximum absolute atomic E-state index is 13.5. The molecule has 1 aromatic carbocycles. The molecule has 3 heterocycles. The van der Waals surface area contributed by atoms with Crippen LogP contribution in [0.1, 0.15) is 28.7 Å². The highest BCUT2D eigenvalue weighted by Gasteiger charge is 2.34. The van der Waals surface area contributed by atoms with Crippen molar-refractivity contribution in [1.82, 2.24) is 30.8 Å². The van der Waals surface area contributed by atoms with Crippen LogP contribution in [0, 0.1) is 6.92 Å². The number of fused-ring (bicyclic) bond motifs is 1. The molecule has 0 fully saturated rings. The fraction of sp³-hybridized carbons (Fsp3) is 0.190. The first-order chi connectivity index (χ1) is 15.3. The van der Waals surface area contributed by atoms with Crippen molar-refractivity contribution >= 4 is 11.6 Å². The molecule has 0 unspecified atom stereocenters. The quantitative estimate of drug-likeness (QED) is 0.560. The number of carbonyl (C=O) groups excluding carboxylic acids is 1. The maximum atomic E-state index is 13.5. The lowest BCUT2D eigenvalue weighted by molar-refractivity contribution is -0.137. The van der Waals surface area contributed by atoms with Gasteiger partial charge in [0.05, 0.1) is 23.6 Å². The average Bonchev–Trinajstić information content (AvgIpc) is 3.09. The molecule has 3 aromatic rings. The van der Waals surface area contributed by atoms with Crippen LogP contribution in [-0.4, -0.2) is 27.1 Å². The largest absolute Gasteiger partial charge is 0.478 e. The number of nitrogens with zero attached hydrogens (tertiary/aromatic N) is 3. The minimum atomic E-state index is -4.54. The van der Waals surface area contributed by atoms with E-state index in [0.717, 1.165) is 6.07 Å². The Bertz CT molecular complexity index is 1250. The van der Waals surface area contributed by atoms with Crippen molar-refractivity contribution in [1.29, 1.82) is 0 Å². The molecule has 0 saturated heterocycles. The third-order valence-corrected chi connectivity index (χ3v) is 4.65. The molecule has 166 valence electrons. The minimum absolute atomic E-state index is 0.0674. The molecule has 3 N–H and O–H groups in total. The molecule has 4 rings (SSSR count). The number of rotatable bonds is 5. The van der Waals surface area contributed by atoms with Gasteiger partial charge in [0.15, 0.2) is 11.3 Å². The van der Waals surface area contributed by atoms with Gasteiger partial charge in [-0.1, -0.05) is 18.2 Å². The fourth-order valence-corrected chi connectivity index (χ4v) is 3.27. The van der Waals surface area contributed by atoms with Crippen molar-refractivity contribution in [2.45, 2.75) is 20.0 Å². The smallest absolute Gasteiger partial charge is 0.417 e. The molecule has 11 heteroatoms. The summed E-state index contributed by atoms with van der Waals surface area (Å²) in [5.41, 5.74) is 5.56. The molecule has 8 nitrogen and oxygen atoms in total. The molecule has 0 bridgehead atoms. The lowest BCUT2D eigenvalue weighted by Crippen LogP contribution is -2.41. The second-order valence-electron chi connectivity index (χ2n) is 6.83. The van der Waals surface area contributed by atoms with Crippen molar-refractivity contribution < 1.29 is 22.7 Å². The Morgan fingerprint density at radius 1 is 1.16 bits per heavy atom. The second kappa shape index (κ2) is 8.25. The minimum Gasteiger partial charge on any atom is -0.478 e. The number of hydrazine groups is 1. The van der Waals surface area contributed by atoms with E-state index in [4.69, 9.17) is 4.74 Å². The fourth-order valence-electron chi connectivity index (χ4n) is 3.27. The van der Waals surface area contributed by atoms with Crippen molar-refractivity contribution in [3.05, 3.63) is 77.2 Å². The van der Waals surface area contributed by atoms with Gasteiger partial charge in [-0.25, -0.2) is 9.50 Å². The molecule has 1 aliphatic rings. The summed E-state index contributed by atoms with van der Waals surface area (Å²) in [4.78, 5) is 17.2. The summed E-state index contributed by atoms with van der Waals surface area (Å²) in [5.74, 6) is 0.315. The second-order valence-corrected chi connectivity index (χ2v) is 6.83. The van der Waals surface area contributed by atoms with Gasteiger partial charge in [0.1, 0.15) is 5.82 Å². The molecule has 2 aromatic heterocycles. The van der Waals surface area contributed by atoms with E-state index in [2.05, 4.69) is 26.3 Å². The third-order valence-electron chi connectivity index (χ3n) is 4.65. The van der Waals surface area contributed by atoms with Crippen LogP contribution >= 0.6 is 0 Å². The molecular formula is C21H19F3N6O2. The number of benzene rings is 1. The number of nitrogens with one attached hydrogen (secondary N) is 3. The summed E-state index contributed by atoms with van der Waals surface area (Å²) < 4.78 is 46.9. The number of amides is 1. The van der Waals surface area contributed by atoms with Gasteiger partial charge < -0.3 is 10.1 Å². The average molecular weight is 444 g/mol. The number of carbonyl (C=O) groups is 1. The van der Waals surface area contributed by atoms with Crippen molar-refractivity contribution in [3.8, 4) is 11.3 Å². The number of imidazole rings is 1. The Hall–Kier alpha value is -4.02. The molecule has 0 aliphatic carbocycles. The van der Waals surface area contributed by atoms with Gasteiger partial charge in [0.25, 0.3) is 5.91 Å². The highest BCUT2D eigenvalue weighted by atomic mass is 19.4. The van der Waals surface area contributed by atoms with E-state index in [-0.39, 0.29) is 17.0 Å². The lowest BCUT2D eigenvalue weighted by Gasteiger charge is -2.19. The molecule has 0 saturated carbocycles. The van der Waals surface area contributed by atoms with Crippen LogP contribution in [0.3, 0.4) is 0 Å². The molecule has 1 amide bonds. The molecule has 0 spiro atoms. The monoisotopic (exact) mass is 444 g/mol. The summed E-state index contributed by atoms with van der Waals surface area (Å²) in [6.45, 7) is 3.94. The Morgan fingerprint density at radius 2 is 1.94 bits per heavy atom. The number of ether oxygens (including phenoxy) is 1. The first kappa shape index (κ1) is 21.2. The highest BCUT2D eigenvalue weighted by Crippen LogP contribution is 2.36. The van der Waals surface area contributed by atoms with Crippen LogP contribution in [0.15, 0.2) is 60.3 Å². The number of aryl methyl sites for hydroxylation is 1. The van der Waals surface area contributed by atoms with Crippen LogP contribution < -0.4 is 16.2 Å². The summed E-state index contributed by atoms with van der Waals surface area (Å²) in [6, 6.07) is 8.12. The zero-order valence-electron chi connectivity index (χ0n) is 17.1. The highest BCUT2D eigenvalue weighted by molar-refractivity contribution is 5.95. The van der Waals surface area contributed by atoms with Gasteiger partial charge in [-0.3, -0.25) is 15.6 Å². The number of halogens is 3. The summed E-state index contributed by atoms with van der Waals surface area (Å²) in [6.07, 6.45) is -1.30. The van der Waals surface area contributed by atoms with Crippen LogP contribution in [0.4, 0.5) is 13.2 Å². The van der Waals surface area contributed by atoms with Gasteiger partial charge in [0, 0.05) is 11.6 Å². The van der Waals surface area contributed by atoms with E-state index in [1.54, 1.807) is 19.1 Å². The first-order valence-electron chi connectivity index (χ1n) is 9.69. The van der Waals surface area contributed by atoms with Gasteiger partial charge in [0.2, 0.25) is 5.88 Å². The van der Waals surface area contributed by atoms with Crippen LogP contribution in [0.5, 0.6) is 0 Å². The standard InChI is InChI=1S/C21H19F3N6O2/c1-3-32-18-11-9-16(27-28-18)26-20(31)19-12(2)25-17-10-8-15(29-30(17)19)13-6-4-5-7-14(13)21(22,23)24/h4-11,27-28H,3H2,1-2H3,(H,26,31).